The van der Waals surface area contributed by atoms with E-state index in [0.717, 1.165) is 10.0 Å². The molecule has 0 bridgehead atoms. The summed E-state index contributed by atoms with van der Waals surface area (Å²) in [5.74, 6) is -0.526. The van der Waals surface area contributed by atoms with Gasteiger partial charge < -0.3 is 14.3 Å². The Balaban J connectivity index is 1.69. The van der Waals surface area contributed by atoms with Crippen LogP contribution in [0.1, 0.15) is 16.2 Å². The molecule has 0 unspecified atom stereocenters. The van der Waals surface area contributed by atoms with Crippen molar-refractivity contribution in [2.75, 3.05) is 0 Å². The van der Waals surface area contributed by atoms with Gasteiger partial charge in [-0.3, -0.25) is 0 Å². The summed E-state index contributed by atoms with van der Waals surface area (Å²) in [4.78, 5) is 12.0. The second-order valence-corrected chi connectivity index (χ2v) is 6.01. The summed E-state index contributed by atoms with van der Waals surface area (Å²) in [6.45, 7) is -0.210. The molecular formula is C16H10BrClN2O4. The van der Waals surface area contributed by atoms with Gasteiger partial charge in [0.15, 0.2) is 6.61 Å². The Kier molecular flexibility index (Phi) is 4.82. The van der Waals surface area contributed by atoms with Crippen molar-refractivity contribution in [2.45, 2.75) is 6.61 Å². The quantitative estimate of drug-likeness (QED) is 0.650. The molecule has 3 aromatic rings. The van der Waals surface area contributed by atoms with Gasteiger partial charge in [-0.05, 0) is 46.3 Å². The topological polar surface area (TPSA) is 85.5 Å². The zero-order chi connectivity index (χ0) is 17.1. The number of aromatic nitrogens is 2. The molecule has 0 aliphatic rings. The first-order valence-corrected chi connectivity index (χ1v) is 7.94. The van der Waals surface area contributed by atoms with Crippen molar-refractivity contribution >= 4 is 33.5 Å². The molecule has 1 N–H and O–H groups in total. The van der Waals surface area contributed by atoms with Crippen LogP contribution >= 0.6 is 27.5 Å². The average molecular weight is 410 g/mol. The summed E-state index contributed by atoms with van der Waals surface area (Å²) in [5.41, 5.74) is 0.739. The molecule has 0 atom stereocenters. The Morgan fingerprint density at radius 2 is 2.04 bits per heavy atom. The number of phenolic OH excluding ortho intramolecular Hbond substituents is 1. The first-order valence-electron chi connectivity index (χ1n) is 6.77. The second kappa shape index (κ2) is 7.02. The molecule has 0 saturated carbocycles. The number of esters is 1. The van der Waals surface area contributed by atoms with Gasteiger partial charge in [0.25, 0.3) is 5.89 Å². The lowest BCUT2D eigenvalue weighted by atomic mass is 10.2. The fourth-order valence-electron chi connectivity index (χ4n) is 1.94. The van der Waals surface area contributed by atoms with Crippen molar-refractivity contribution in [1.82, 2.24) is 10.2 Å². The summed E-state index contributed by atoms with van der Waals surface area (Å²) >= 11 is 9.12. The van der Waals surface area contributed by atoms with Crippen LogP contribution in [0.3, 0.4) is 0 Å². The Hall–Kier alpha value is -2.38. The van der Waals surface area contributed by atoms with Gasteiger partial charge >= 0.3 is 5.97 Å². The summed E-state index contributed by atoms with van der Waals surface area (Å²) in [7, 11) is 0. The third-order valence-corrected chi connectivity index (χ3v) is 4.00. The van der Waals surface area contributed by atoms with Crippen molar-refractivity contribution in [3.63, 3.8) is 0 Å². The number of halogens is 2. The van der Waals surface area contributed by atoms with E-state index < -0.39 is 5.97 Å². The van der Waals surface area contributed by atoms with E-state index in [2.05, 4.69) is 26.1 Å². The van der Waals surface area contributed by atoms with E-state index in [-0.39, 0.29) is 23.8 Å². The normalized spacial score (nSPS) is 10.6. The maximum Gasteiger partial charge on any atom is 0.342 e. The van der Waals surface area contributed by atoms with E-state index in [1.807, 2.05) is 24.3 Å². The highest BCUT2D eigenvalue weighted by atomic mass is 79.9. The number of carbonyl (C=O) groups is 1. The van der Waals surface area contributed by atoms with Crippen LogP contribution < -0.4 is 0 Å². The molecule has 1 aromatic heterocycles. The Morgan fingerprint density at radius 1 is 1.25 bits per heavy atom. The fourth-order valence-corrected chi connectivity index (χ4v) is 2.56. The Bertz CT molecular complexity index is 897. The van der Waals surface area contributed by atoms with Crippen molar-refractivity contribution in [2.24, 2.45) is 0 Å². The number of nitrogens with zero attached hydrogens (tertiary/aromatic N) is 2. The van der Waals surface area contributed by atoms with Gasteiger partial charge in [0, 0.05) is 9.50 Å². The van der Waals surface area contributed by atoms with Crippen LogP contribution in [0.2, 0.25) is 5.02 Å². The van der Waals surface area contributed by atoms with Crippen LogP contribution in [0, 0.1) is 0 Å². The van der Waals surface area contributed by atoms with Gasteiger partial charge in [0.1, 0.15) is 11.3 Å². The molecule has 0 fully saturated rings. The van der Waals surface area contributed by atoms with Gasteiger partial charge in [-0.25, -0.2) is 4.79 Å². The lowest BCUT2D eigenvalue weighted by Gasteiger charge is -2.04. The van der Waals surface area contributed by atoms with E-state index in [0.29, 0.717) is 10.9 Å². The summed E-state index contributed by atoms with van der Waals surface area (Å²) in [6, 6.07) is 11.5. The minimum Gasteiger partial charge on any atom is -0.507 e. The molecule has 6 nitrogen and oxygen atoms in total. The van der Waals surface area contributed by atoms with E-state index in [1.54, 1.807) is 0 Å². The van der Waals surface area contributed by atoms with Gasteiger partial charge in [-0.2, -0.15) is 0 Å². The van der Waals surface area contributed by atoms with Gasteiger partial charge in [0.05, 0.1) is 5.56 Å². The number of rotatable bonds is 4. The number of aromatic hydroxyl groups is 1. The smallest absolute Gasteiger partial charge is 0.342 e. The van der Waals surface area contributed by atoms with Crippen LogP contribution in [-0.4, -0.2) is 21.3 Å². The number of ether oxygens (including phenoxy) is 1. The van der Waals surface area contributed by atoms with Crippen LogP contribution in [0.25, 0.3) is 11.5 Å². The van der Waals surface area contributed by atoms with Crippen molar-refractivity contribution in [3.8, 4) is 17.2 Å². The van der Waals surface area contributed by atoms with E-state index in [9.17, 15) is 9.90 Å². The predicted octanol–water partition coefficient (Wildman–Crippen LogP) is 4.22. The molecule has 1 heterocycles. The van der Waals surface area contributed by atoms with E-state index >= 15 is 0 Å². The maximum atomic E-state index is 12.0. The molecule has 122 valence electrons. The number of hydrogen-bond donors (Lipinski definition) is 1. The summed E-state index contributed by atoms with van der Waals surface area (Å²) < 4.78 is 11.3. The molecule has 8 heteroatoms. The standard InChI is InChI=1S/C16H10BrClN2O4/c17-12-4-2-1-3-10(12)15-20-19-14(24-15)8-23-16(22)11-6-5-9(18)7-13(11)21/h1-7,21H,8H2. The van der Waals surface area contributed by atoms with Crippen molar-refractivity contribution in [1.29, 1.82) is 0 Å². The van der Waals surface area contributed by atoms with E-state index in [1.165, 1.54) is 18.2 Å². The van der Waals surface area contributed by atoms with E-state index in [4.69, 9.17) is 20.8 Å². The highest BCUT2D eigenvalue weighted by Crippen LogP contribution is 2.27. The lowest BCUT2D eigenvalue weighted by molar-refractivity contribution is 0.0435. The molecule has 0 aliphatic heterocycles. The van der Waals surface area contributed by atoms with Gasteiger partial charge in [0.2, 0.25) is 5.89 Å². The highest BCUT2D eigenvalue weighted by Gasteiger charge is 2.16. The van der Waals surface area contributed by atoms with Crippen molar-refractivity contribution in [3.05, 3.63) is 63.4 Å². The minimum atomic E-state index is -0.718. The fraction of sp³-hybridized carbons (Fsp3) is 0.0625. The molecule has 0 spiro atoms. The summed E-state index contributed by atoms with van der Waals surface area (Å²) in [5, 5.41) is 17.8. The van der Waals surface area contributed by atoms with Crippen LogP contribution in [-0.2, 0) is 11.3 Å². The highest BCUT2D eigenvalue weighted by molar-refractivity contribution is 9.10. The lowest BCUT2D eigenvalue weighted by Crippen LogP contribution is -2.05. The molecular weight excluding hydrogens is 400 g/mol. The molecule has 0 radical (unpaired) electrons. The number of carbonyl (C=O) groups excluding carboxylic acids is 1. The summed E-state index contributed by atoms with van der Waals surface area (Å²) in [6.07, 6.45) is 0. The number of hydrogen-bond acceptors (Lipinski definition) is 6. The zero-order valence-electron chi connectivity index (χ0n) is 12.1. The van der Waals surface area contributed by atoms with Gasteiger partial charge in [-0.15, -0.1) is 10.2 Å². The molecule has 0 saturated heterocycles. The number of benzene rings is 2. The average Bonchev–Trinajstić information content (AvgIpc) is 3.02. The second-order valence-electron chi connectivity index (χ2n) is 4.72. The minimum absolute atomic E-state index is 0.00458. The first kappa shape index (κ1) is 16.5. The Labute approximate surface area is 150 Å². The first-order chi connectivity index (χ1) is 11.5. The SMILES string of the molecule is O=C(OCc1nnc(-c2ccccc2Br)o1)c1ccc(Cl)cc1O. The van der Waals surface area contributed by atoms with Gasteiger partial charge in [-0.1, -0.05) is 23.7 Å². The predicted molar refractivity (Wildman–Crippen MR) is 89.7 cm³/mol. The number of phenols is 1. The molecule has 0 aliphatic carbocycles. The molecule has 2 aromatic carbocycles. The molecule has 3 rings (SSSR count). The monoisotopic (exact) mass is 408 g/mol. The van der Waals surface area contributed by atoms with Crippen LogP contribution in [0.5, 0.6) is 5.75 Å². The third kappa shape index (κ3) is 3.58. The largest absolute Gasteiger partial charge is 0.507 e. The zero-order valence-corrected chi connectivity index (χ0v) is 14.4. The molecule has 0 amide bonds. The van der Waals surface area contributed by atoms with Crippen LogP contribution in [0.15, 0.2) is 51.4 Å². The third-order valence-electron chi connectivity index (χ3n) is 3.08. The molecule has 24 heavy (non-hydrogen) atoms. The maximum absolute atomic E-state index is 12.0. The Morgan fingerprint density at radius 3 is 2.79 bits per heavy atom. The van der Waals surface area contributed by atoms with Crippen molar-refractivity contribution < 1.29 is 19.1 Å². The van der Waals surface area contributed by atoms with Crippen LogP contribution in [0.4, 0.5) is 0 Å².